The summed E-state index contributed by atoms with van der Waals surface area (Å²) >= 11 is 0. The van der Waals surface area contributed by atoms with Gasteiger partial charge in [-0.1, -0.05) is 19.3 Å². The van der Waals surface area contributed by atoms with Gasteiger partial charge in [0, 0.05) is 18.2 Å². The van der Waals surface area contributed by atoms with Crippen molar-refractivity contribution in [3.05, 3.63) is 24.4 Å². The second-order valence-corrected chi connectivity index (χ2v) is 6.74. The number of hydrogen-bond donors (Lipinski definition) is 1. The molecule has 0 bridgehead atoms. The third kappa shape index (κ3) is 2.53. The van der Waals surface area contributed by atoms with Gasteiger partial charge >= 0.3 is 6.30 Å². The molecule has 2 aromatic heterocycles. The highest BCUT2D eigenvalue weighted by molar-refractivity contribution is 5.66. The molecular formula is C16H19F3N4O. The maximum absolute atomic E-state index is 13.0. The molecule has 2 aliphatic rings. The molecule has 1 aliphatic heterocycles. The molecule has 0 amide bonds. The van der Waals surface area contributed by atoms with Crippen LogP contribution in [-0.2, 0) is 6.30 Å². The van der Waals surface area contributed by atoms with Crippen molar-refractivity contribution in [3.63, 3.8) is 0 Å². The molecule has 2 aromatic rings. The highest BCUT2D eigenvalue weighted by Gasteiger charge is 2.39. The van der Waals surface area contributed by atoms with Crippen molar-refractivity contribution in [3.8, 4) is 11.3 Å². The lowest BCUT2D eigenvalue weighted by Crippen LogP contribution is -2.26. The molecule has 0 unspecified atom stereocenters. The first-order valence-corrected chi connectivity index (χ1v) is 8.32. The number of aliphatic hydroxyl groups is 1. The summed E-state index contributed by atoms with van der Waals surface area (Å²) in [5.74, 6) is 0.222. The van der Waals surface area contributed by atoms with Crippen LogP contribution in [0.4, 0.5) is 13.2 Å². The lowest BCUT2D eigenvalue weighted by molar-refractivity contribution is -0.212. The Hall–Kier alpha value is -1.83. The van der Waals surface area contributed by atoms with Crippen LogP contribution in [0.25, 0.3) is 11.3 Å². The van der Waals surface area contributed by atoms with Crippen LogP contribution in [0.1, 0.15) is 50.3 Å². The zero-order valence-electron chi connectivity index (χ0n) is 13.1. The number of rotatable bonds is 3. The molecule has 5 nitrogen and oxygen atoms in total. The number of alkyl halides is 3. The average Bonchev–Trinajstić information content (AvgIpc) is 3.22. The van der Waals surface area contributed by atoms with Crippen molar-refractivity contribution >= 4 is 0 Å². The van der Waals surface area contributed by atoms with Gasteiger partial charge < -0.3 is 9.67 Å². The normalized spacial score (nSPS) is 22.4. The Morgan fingerprint density at radius 2 is 2.00 bits per heavy atom. The Labute approximate surface area is 137 Å². The van der Waals surface area contributed by atoms with E-state index in [2.05, 4.69) is 10.1 Å². The summed E-state index contributed by atoms with van der Waals surface area (Å²) in [6.07, 6.45) is 4.83. The van der Waals surface area contributed by atoms with Crippen molar-refractivity contribution in [2.24, 2.45) is 5.92 Å². The van der Waals surface area contributed by atoms with Crippen LogP contribution in [0, 0.1) is 5.92 Å². The number of aliphatic hydroxyl groups excluding tert-OH is 1. The fourth-order valence-electron chi connectivity index (χ4n) is 4.02. The number of nitrogens with zero attached hydrogens (tertiary/aromatic N) is 4. The number of fused-ring (bicyclic) bond motifs is 3. The molecule has 0 spiro atoms. The average molecular weight is 340 g/mol. The maximum atomic E-state index is 13.0. The summed E-state index contributed by atoms with van der Waals surface area (Å²) in [5.41, 5.74) is 1.45. The monoisotopic (exact) mass is 340 g/mol. The molecule has 2 atom stereocenters. The third-order valence-electron chi connectivity index (χ3n) is 5.25. The van der Waals surface area contributed by atoms with Crippen LogP contribution >= 0.6 is 0 Å². The summed E-state index contributed by atoms with van der Waals surface area (Å²) in [5, 5.41) is 14.4. The highest BCUT2D eigenvalue weighted by atomic mass is 19.4. The maximum Gasteiger partial charge on any atom is 0.504 e. The fraction of sp³-hybridized carbons (Fsp3) is 0.625. The Bertz CT molecular complexity index is 730. The van der Waals surface area contributed by atoms with Crippen LogP contribution in [-0.4, -0.2) is 30.5 Å². The Morgan fingerprint density at radius 3 is 2.71 bits per heavy atom. The van der Waals surface area contributed by atoms with Crippen molar-refractivity contribution in [2.45, 2.75) is 57.0 Å². The minimum absolute atomic E-state index is 0.0498. The fourth-order valence-corrected chi connectivity index (χ4v) is 4.02. The number of halogens is 3. The van der Waals surface area contributed by atoms with Crippen molar-refractivity contribution in [2.75, 3.05) is 0 Å². The number of aromatic nitrogens is 4. The molecule has 0 saturated heterocycles. The van der Waals surface area contributed by atoms with Crippen molar-refractivity contribution in [1.29, 1.82) is 0 Å². The molecule has 8 heteroatoms. The van der Waals surface area contributed by atoms with Crippen LogP contribution in [0.5, 0.6) is 0 Å². The van der Waals surface area contributed by atoms with Gasteiger partial charge in [0.15, 0.2) is 0 Å². The Morgan fingerprint density at radius 1 is 1.25 bits per heavy atom. The van der Waals surface area contributed by atoms with E-state index in [0.717, 1.165) is 31.9 Å². The minimum atomic E-state index is -4.54. The van der Waals surface area contributed by atoms with E-state index in [-0.39, 0.29) is 10.6 Å². The van der Waals surface area contributed by atoms with Gasteiger partial charge in [0.05, 0.1) is 36.1 Å². The van der Waals surface area contributed by atoms with Crippen LogP contribution in [0.2, 0.25) is 0 Å². The highest BCUT2D eigenvalue weighted by Crippen LogP contribution is 2.43. The standard InChI is InChI=1S/C16H19F3N4O/c17-16(18,19)23-8-11-13-7-20-9-22(13)12(15(11)21-23)6-14(24)10-4-2-1-3-5-10/h7-10,12,14,24H,1-6H2/t12-,14-/m1/s1. The quantitative estimate of drug-likeness (QED) is 0.931. The van der Waals surface area contributed by atoms with Crippen molar-refractivity contribution in [1.82, 2.24) is 19.3 Å². The first-order chi connectivity index (χ1) is 11.4. The molecule has 1 aliphatic carbocycles. The summed E-state index contributed by atoms with van der Waals surface area (Å²) in [4.78, 5) is 4.05. The zero-order valence-corrected chi connectivity index (χ0v) is 13.1. The van der Waals surface area contributed by atoms with E-state index in [0.29, 0.717) is 23.4 Å². The smallest absolute Gasteiger partial charge is 0.393 e. The van der Waals surface area contributed by atoms with E-state index in [1.165, 1.54) is 6.42 Å². The molecule has 1 fully saturated rings. The van der Waals surface area contributed by atoms with Gasteiger partial charge in [0.2, 0.25) is 0 Å². The number of hydrogen-bond acceptors (Lipinski definition) is 3. The molecule has 3 heterocycles. The van der Waals surface area contributed by atoms with Gasteiger partial charge in [-0.25, -0.2) is 4.98 Å². The second-order valence-electron chi connectivity index (χ2n) is 6.74. The summed E-state index contributed by atoms with van der Waals surface area (Å²) in [6.45, 7) is 0. The predicted molar refractivity (Wildman–Crippen MR) is 80.1 cm³/mol. The van der Waals surface area contributed by atoms with E-state index >= 15 is 0 Å². The topological polar surface area (TPSA) is 55.9 Å². The molecule has 4 rings (SSSR count). The van der Waals surface area contributed by atoms with E-state index in [9.17, 15) is 18.3 Å². The van der Waals surface area contributed by atoms with Crippen LogP contribution in [0.3, 0.4) is 0 Å². The SMILES string of the molecule is O[C@H](C[C@@H]1c2nn(C(F)(F)F)cc2-c2cncn21)C1CCCCC1. The van der Waals surface area contributed by atoms with Gasteiger partial charge in [-0.15, -0.1) is 13.2 Å². The van der Waals surface area contributed by atoms with Gasteiger partial charge in [-0.05, 0) is 18.8 Å². The minimum Gasteiger partial charge on any atom is -0.393 e. The second kappa shape index (κ2) is 5.61. The predicted octanol–water partition coefficient (Wildman–Crippen LogP) is 3.46. The summed E-state index contributed by atoms with van der Waals surface area (Å²) < 4.78 is 40.7. The zero-order chi connectivity index (χ0) is 16.9. The van der Waals surface area contributed by atoms with Crippen LogP contribution in [0.15, 0.2) is 18.7 Å². The molecule has 0 radical (unpaired) electrons. The van der Waals surface area contributed by atoms with E-state index < -0.39 is 18.4 Å². The van der Waals surface area contributed by atoms with E-state index in [1.807, 2.05) is 4.57 Å². The van der Waals surface area contributed by atoms with Crippen LogP contribution < -0.4 is 0 Å². The number of imidazole rings is 1. The van der Waals surface area contributed by atoms with Gasteiger partial charge in [-0.3, -0.25) is 0 Å². The molecule has 1 N–H and O–H groups in total. The molecule has 0 aromatic carbocycles. The first-order valence-electron chi connectivity index (χ1n) is 8.32. The Kier molecular flexibility index (Phi) is 3.67. The van der Waals surface area contributed by atoms with Gasteiger partial charge in [0.25, 0.3) is 0 Å². The summed E-state index contributed by atoms with van der Waals surface area (Å²) in [6, 6.07) is -0.391. The Balaban J connectivity index is 1.63. The molecule has 130 valence electrons. The van der Waals surface area contributed by atoms with E-state index in [4.69, 9.17) is 0 Å². The third-order valence-corrected chi connectivity index (χ3v) is 5.25. The van der Waals surface area contributed by atoms with Crippen molar-refractivity contribution < 1.29 is 18.3 Å². The molecule has 1 saturated carbocycles. The largest absolute Gasteiger partial charge is 0.504 e. The van der Waals surface area contributed by atoms with E-state index in [1.54, 1.807) is 12.5 Å². The molecule has 24 heavy (non-hydrogen) atoms. The molecular weight excluding hydrogens is 321 g/mol. The van der Waals surface area contributed by atoms with Gasteiger partial charge in [-0.2, -0.15) is 9.78 Å². The lowest BCUT2D eigenvalue weighted by atomic mass is 9.83. The van der Waals surface area contributed by atoms with Gasteiger partial charge in [0.1, 0.15) is 0 Å². The first kappa shape index (κ1) is 15.7. The lowest BCUT2D eigenvalue weighted by Gasteiger charge is -2.28. The summed E-state index contributed by atoms with van der Waals surface area (Å²) in [7, 11) is 0.